The molecule has 0 spiro atoms. The molecule has 0 radical (unpaired) electrons. The number of aliphatic hydroxyl groups excluding tert-OH is 1. The maximum Gasteiger partial charge on any atom is 0.416 e. The molecule has 1 aromatic heterocycles. The minimum atomic E-state index is -4.56. The monoisotopic (exact) mass is 496 g/mol. The zero-order valence-electron chi connectivity index (χ0n) is 19.8. The lowest BCUT2D eigenvalue weighted by Gasteiger charge is -2.25. The van der Waals surface area contributed by atoms with E-state index in [1.807, 2.05) is 0 Å². The van der Waals surface area contributed by atoms with E-state index < -0.39 is 29.5 Å². The molecule has 3 aromatic rings. The standard InChI is InChI=1S/C27H23F3N2O4/c1-15-11-21(36-3)16(2)10-20(15)24(33)22-23(18-7-5-9-31-13-18)32(26(35)25(22)34)14-17-6-4-8-19(12-17)27(28,29)30/h4-13,23,33H,14H2,1-3H3/b24-22+. The van der Waals surface area contributed by atoms with Gasteiger partial charge in [-0.05, 0) is 66.4 Å². The van der Waals surface area contributed by atoms with Crippen molar-refractivity contribution in [2.24, 2.45) is 0 Å². The first-order valence-corrected chi connectivity index (χ1v) is 11.0. The zero-order valence-corrected chi connectivity index (χ0v) is 19.8. The average molecular weight is 496 g/mol. The fourth-order valence-corrected chi connectivity index (χ4v) is 4.38. The summed E-state index contributed by atoms with van der Waals surface area (Å²) >= 11 is 0. The summed E-state index contributed by atoms with van der Waals surface area (Å²) in [6.07, 6.45) is -1.59. The van der Waals surface area contributed by atoms with E-state index >= 15 is 0 Å². The van der Waals surface area contributed by atoms with Gasteiger partial charge >= 0.3 is 6.18 Å². The number of pyridine rings is 1. The van der Waals surface area contributed by atoms with Gasteiger partial charge in [-0.2, -0.15) is 13.2 Å². The third-order valence-corrected chi connectivity index (χ3v) is 6.14. The third kappa shape index (κ3) is 4.56. The fraction of sp³-hybridized carbons (Fsp3) is 0.222. The van der Waals surface area contributed by atoms with Crippen molar-refractivity contribution in [2.45, 2.75) is 32.6 Å². The zero-order chi connectivity index (χ0) is 26.2. The Morgan fingerprint density at radius 1 is 1.08 bits per heavy atom. The van der Waals surface area contributed by atoms with Crippen LogP contribution in [0.3, 0.4) is 0 Å². The molecule has 2 heterocycles. The van der Waals surface area contributed by atoms with Crippen molar-refractivity contribution in [3.05, 3.63) is 99.9 Å². The molecule has 1 fully saturated rings. The summed E-state index contributed by atoms with van der Waals surface area (Å²) in [5.41, 5.74) is 1.28. The fourth-order valence-electron chi connectivity index (χ4n) is 4.38. The topological polar surface area (TPSA) is 79.7 Å². The summed E-state index contributed by atoms with van der Waals surface area (Å²) < 4.78 is 45.1. The van der Waals surface area contributed by atoms with Gasteiger partial charge in [0.15, 0.2) is 0 Å². The van der Waals surface area contributed by atoms with Gasteiger partial charge < -0.3 is 14.7 Å². The van der Waals surface area contributed by atoms with E-state index in [4.69, 9.17) is 4.74 Å². The minimum Gasteiger partial charge on any atom is -0.507 e. The van der Waals surface area contributed by atoms with Gasteiger partial charge in [0, 0.05) is 24.5 Å². The van der Waals surface area contributed by atoms with Gasteiger partial charge in [-0.1, -0.05) is 18.2 Å². The number of likely N-dealkylation sites (tertiary alicyclic amines) is 1. The first kappa shape index (κ1) is 25.0. The Morgan fingerprint density at radius 2 is 1.83 bits per heavy atom. The van der Waals surface area contributed by atoms with Gasteiger partial charge in [0.2, 0.25) is 0 Å². The number of hydrogen-bond acceptors (Lipinski definition) is 5. The van der Waals surface area contributed by atoms with E-state index in [9.17, 15) is 27.9 Å². The number of ketones is 1. The van der Waals surface area contributed by atoms with E-state index in [0.29, 0.717) is 28.0 Å². The highest BCUT2D eigenvalue weighted by Crippen LogP contribution is 2.41. The lowest BCUT2D eigenvalue weighted by Crippen LogP contribution is -2.29. The van der Waals surface area contributed by atoms with Gasteiger partial charge in [0.05, 0.1) is 24.3 Å². The molecular formula is C27H23F3N2O4. The molecule has 1 N–H and O–H groups in total. The number of alkyl halides is 3. The van der Waals surface area contributed by atoms with Gasteiger partial charge in [-0.3, -0.25) is 14.6 Å². The number of carbonyl (C=O) groups is 2. The summed E-state index contributed by atoms with van der Waals surface area (Å²) in [4.78, 5) is 31.6. The van der Waals surface area contributed by atoms with Crippen LogP contribution in [0.1, 0.15) is 39.4 Å². The van der Waals surface area contributed by atoms with E-state index in [0.717, 1.165) is 17.0 Å². The molecule has 1 aliphatic heterocycles. The summed E-state index contributed by atoms with van der Waals surface area (Å²) in [5.74, 6) is -1.64. The molecule has 36 heavy (non-hydrogen) atoms. The second kappa shape index (κ2) is 9.49. The Bertz CT molecular complexity index is 1370. The largest absolute Gasteiger partial charge is 0.507 e. The number of hydrogen-bond donors (Lipinski definition) is 1. The number of nitrogens with zero attached hydrogens (tertiary/aromatic N) is 2. The van der Waals surface area contributed by atoms with Crippen molar-refractivity contribution in [1.82, 2.24) is 9.88 Å². The molecule has 1 saturated heterocycles. The van der Waals surface area contributed by atoms with Crippen LogP contribution >= 0.6 is 0 Å². The number of rotatable bonds is 5. The number of Topliss-reactive ketones (excluding diaryl/α,β-unsaturated/α-hetero) is 1. The van der Waals surface area contributed by atoms with Crippen LogP contribution in [0.15, 0.2) is 66.5 Å². The Kier molecular flexibility index (Phi) is 6.58. The van der Waals surface area contributed by atoms with Crippen LogP contribution in [0.2, 0.25) is 0 Å². The number of methoxy groups -OCH3 is 1. The Balaban J connectivity index is 1.86. The predicted octanol–water partition coefficient (Wildman–Crippen LogP) is 5.35. The van der Waals surface area contributed by atoms with E-state index in [2.05, 4.69) is 4.98 Å². The molecule has 4 rings (SSSR count). The highest BCUT2D eigenvalue weighted by atomic mass is 19.4. The summed E-state index contributed by atoms with van der Waals surface area (Å²) in [7, 11) is 1.52. The van der Waals surface area contributed by atoms with Gasteiger partial charge in [0.1, 0.15) is 11.5 Å². The number of aromatic nitrogens is 1. The second-order valence-electron chi connectivity index (χ2n) is 8.55. The molecule has 0 saturated carbocycles. The summed E-state index contributed by atoms with van der Waals surface area (Å²) in [5, 5.41) is 11.3. The molecule has 1 amide bonds. The van der Waals surface area contributed by atoms with Gasteiger partial charge in [-0.15, -0.1) is 0 Å². The maximum absolute atomic E-state index is 13.2. The minimum absolute atomic E-state index is 0.160. The molecule has 6 nitrogen and oxygen atoms in total. The SMILES string of the molecule is COc1cc(C)c(/C(O)=C2\C(=O)C(=O)N(Cc3cccc(C(F)(F)F)c3)C2c2cccnc2)cc1C. The van der Waals surface area contributed by atoms with Crippen molar-refractivity contribution in [1.29, 1.82) is 0 Å². The predicted molar refractivity (Wildman–Crippen MR) is 126 cm³/mol. The van der Waals surface area contributed by atoms with Crippen molar-refractivity contribution < 1.29 is 32.6 Å². The van der Waals surface area contributed by atoms with Crippen LogP contribution < -0.4 is 4.74 Å². The number of benzene rings is 2. The lowest BCUT2D eigenvalue weighted by molar-refractivity contribution is -0.140. The molecule has 2 aromatic carbocycles. The molecule has 1 atom stereocenters. The molecular weight excluding hydrogens is 473 g/mol. The smallest absolute Gasteiger partial charge is 0.416 e. The quantitative estimate of drug-likeness (QED) is 0.293. The number of ether oxygens (including phenoxy) is 1. The van der Waals surface area contributed by atoms with Crippen LogP contribution in [0, 0.1) is 13.8 Å². The number of aryl methyl sites for hydroxylation is 2. The summed E-state index contributed by atoms with van der Waals surface area (Å²) in [6, 6.07) is 10.1. The number of carbonyl (C=O) groups excluding carboxylic acids is 2. The maximum atomic E-state index is 13.2. The van der Waals surface area contributed by atoms with Crippen molar-refractivity contribution in [2.75, 3.05) is 7.11 Å². The van der Waals surface area contributed by atoms with Crippen LogP contribution in [0.5, 0.6) is 5.75 Å². The van der Waals surface area contributed by atoms with Crippen molar-refractivity contribution >= 4 is 17.4 Å². The van der Waals surface area contributed by atoms with Crippen molar-refractivity contribution in [3.63, 3.8) is 0 Å². The second-order valence-corrected chi connectivity index (χ2v) is 8.55. The highest BCUT2D eigenvalue weighted by Gasteiger charge is 2.46. The van der Waals surface area contributed by atoms with Crippen LogP contribution in [0.4, 0.5) is 13.2 Å². The van der Waals surface area contributed by atoms with E-state index in [-0.39, 0.29) is 23.4 Å². The van der Waals surface area contributed by atoms with Crippen LogP contribution in [-0.2, 0) is 22.3 Å². The molecule has 0 aliphatic carbocycles. The third-order valence-electron chi connectivity index (χ3n) is 6.14. The number of aliphatic hydroxyl groups is 1. The molecule has 1 unspecified atom stereocenters. The van der Waals surface area contributed by atoms with Gasteiger partial charge in [-0.25, -0.2) is 0 Å². The van der Waals surface area contributed by atoms with E-state index in [1.165, 1.54) is 31.6 Å². The first-order valence-electron chi connectivity index (χ1n) is 11.0. The Morgan fingerprint density at radius 3 is 2.47 bits per heavy atom. The van der Waals surface area contributed by atoms with Crippen molar-refractivity contribution in [3.8, 4) is 5.75 Å². The summed E-state index contributed by atoms with van der Waals surface area (Å²) in [6.45, 7) is 3.24. The highest BCUT2D eigenvalue weighted by molar-refractivity contribution is 6.46. The number of halogens is 3. The van der Waals surface area contributed by atoms with E-state index in [1.54, 1.807) is 38.1 Å². The molecule has 9 heteroatoms. The first-order chi connectivity index (χ1) is 17.0. The Labute approximate surface area is 205 Å². The number of amides is 1. The van der Waals surface area contributed by atoms with Crippen LogP contribution in [0.25, 0.3) is 5.76 Å². The molecule has 1 aliphatic rings. The molecule has 0 bridgehead atoms. The van der Waals surface area contributed by atoms with Gasteiger partial charge in [0.25, 0.3) is 11.7 Å². The lowest BCUT2D eigenvalue weighted by atomic mass is 9.93. The van der Waals surface area contributed by atoms with Crippen LogP contribution in [-0.4, -0.2) is 33.8 Å². The average Bonchev–Trinajstić information content (AvgIpc) is 3.10. The molecule has 186 valence electrons. The normalized spacial score (nSPS) is 17.5. The Hall–Kier alpha value is -4.14.